The van der Waals surface area contributed by atoms with Crippen LogP contribution < -0.4 is 16.4 Å². The topological polar surface area (TPSA) is 106 Å². The average molecular weight is 422 g/mol. The van der Waals surface area contributed by atoms with Gasteiger partial charge < -0.3 is 16.4 Å². The second kappa shape index (κ2) is 9.99. The van der Waals surface area contributed by atoms with E-state index in [1.807, 2.05) is 54.6 Å². The molecule has 1 amide bonds. The molecule has 2 aromatic heterocycles. The summed E-state index contributed by atoms with van der Waals surface area (Å²) in [6, 6.07) is 20.2. The van der Waals surface area contributed by atoms with Gasteiger partial charge in [0.05, 0.1) is 17.1 Å². The van der Waals surface area contributed by atoms with Crippen molar-refractivity contribution in [2.75, 3.05) is 22.9 Å². The van der Waals surface area contributed by atoms with Crippen LogP contribution in [0.25, 0.3) is 17.3 Å². The molecule has 7 nitrogen and oxygen atoms in total. The molecular weight excluding hydrogens is 400 g/mol. The molecule has 0 spiro atoms. The fourth-order valence-electron chi connectivity index (χ4n) is 3.02. The lowest BCUT2D eigenvalue weighted by molar-refractivity contribution is 0.102. The molecule has 0 saturated carbocycles. The summed E-state index contributed by atoms with van der Waals surface area (Å²) in [5, 5.41) is 6.00. The molecule has 4 rings (SSSR count). The van der Waals surface area contributed by atoms with Crippen molar-refractivity contribution in [1.29, 1.82) is 0 Å². The van der Waals surface area contributed by atoms with Crippen molar-refractivity contribution in [3.8, 4) is 11.3 Å². The van der Waals surface area contributed by atoms with E-state index in [0.717, 1.165) is 16.8 Å². The number of para-hydroxylation sites is 2. The van der Waals surface area contributed by atoms with E-state index in [-0.39, 0.29) is 5.91 Å². The minimum Gasteiger partial charge on any atom is -0.397 e. The largest absolute Gasteiger partial charge is 0.397 e. The Kier molecular flexibility index (Phi) is 6.48. The molecule has 0 radical (unpaired) electrons. The van der Waals surface area contributed by atoms with E-state index in [9.17, 15) is 4.79 Å². The maximum absolute atomic E-state index is 12.4. The number of carbonyl (C=O) groups is 1. The van der Waals surface area contributed by atoms with Gasteiger partial charge in [0.25, 0.3) is 5.91 Å². The van der Waals surface area contributed by atoms with Crippen molar-refractivity contribution < 1.29 is 4.79 Å². The van der Waals surface area contributed by atoms with Crippen LogP contribution in [0.1, 0.15) is 15.9 Å². The third-order valence-corrected chi connectivity index (χ3v) is 4.68. The molecule has 4 N–H and O–H groups in total. The molecule has 0 aliphatic rings. The van der Waals surface area contributed by atoms with Crippen LogP contribution in [0.2, 0.25) is 0 Å². The van der Waals surface area contributed by atoms with E-state index in [0.29, 0.717) is 29.4 Å². The maximum Gasteiger partial charge on any atom is 0.255 e. The van der Waals surface area contributed by atoms with Crippen molar-refractivity contribution in [1.82, 2.24) is 15.0 Å². The first-order valence-corrected chi connectivity index (χ1v) is 10.1. The lowest BCUT2D eigenvalue weighted by Crippen LogP contribution is -2.12. The number of amides is 1. The van der Waals surface area contributed by atoms with Crippen LogP contribution in [0.5, 0.6) is 0 Å². The third kappa shape index (κ3) is 5.34. The molecule has 2 heterocycles. The molecule has 4 aromatic rings. The second-order valence-electron chi connectivity index (χ2n) is 6.95. The van der Waals surface area contributed by atoms with Crippen LogP contribution in [-0.2, 0) is 0 Å². The Balaban J connectivity index is 1.32. The zero-order valence-corrected chi connectivity index (χ0v) is 17.3. The zero-order chi connectivity index (χ0) is 22.2. The highest BCUT2D eigenvalue weighted by molar-refractivity contribution is 6.05. The van der Waals surface area contributed by atoms with E-state index < -0.39 is 0 Å². The van der Waals surface area contributed by atoms with Gasteiger partial charge in [0.1, 0.15) is 0 Å². The molecule has 0 unspecified atom stereocenters. The van der Waals surface area contributed by atoms with Crippen molar-refractivity contribution in [3.63, 3.8) is 0 Å². The Labute approximate surface area is 186 Å². The van der Waals surface area contributed by atoms with E-state index >= 15 is 0 Å². The Morgan fingerprint density at radius 3 is 2.59 bits per heavy atom. The lowest BCUT2D eigenvalue weighted by atomic mass is 10.1. The van der Waals surface area contributed by atoms with Gasteiger partial charge in [-0.3, -0.25) is 9.78 Å². The van der Waals surface area contributed by atoms with Crippen LogP contribution in [-0.4, -0.2) is 27.4 Å². The quantitative estimate of drug-likeness (QED) is 0.379. The molecule has 158 valence electrons. The third-order valence-electron chi connectivity index (χ3n) is 4.68. The molecule has 0 aliphatic carbocycles. The van der Waals surface area contributed by atoms with Crippen LogP contribution in [0.15, 0.2) is 91.4 Å². The summed E-state index contributed by atoms with van der Waals surface area (Å²) in [6.07, 6.45) is 9.15. The van der Waals surface area contributed by atoms with Crippen LogP contribution in [0, 0.1) is 0 Å². The van der Waals surface area contributed by atoms with Gasteiger partial charge in [-0.25, -0.2) is 9.97 Å². The van der Waals surface area contributed by atoms with E-state index in [4.69, 9.17) is 5.73 Å². The molecule has 7 heteroatoms. The van der Waals surface area contributed by atoms with Gasteiger partial charge in [-0.15, -0.1) is 0 Å². The molecular formula is C25H22N6O. The van der Waals surface area contributed by atoms with Crippen LogP contribution >= 0.6 is 0 Å². The number of aromatic nitrogens is 3. The van der Waals surface area contributed by atoms with Crippen LogP contribution in [0.4, 0.5) is 17.3 Å². The second-order valence-corrected chi connectivity index (χ2v) is 6.95. The van der Waals surface area contributed by atoms with Crippen molar-refractivity contribution in [2.45, 2.75) is 0 Å². The van der Waals surface area contributed by atoms with Crippen molar-refractivity contribution in [3.05, 3.63) is 103 Å². The van der Waals surface area contributed by atoms with Gasteiger partial charge in [0.2, 0.25) is 5.95 Å². The number of nitrogen functional groups attached to an aromatic ring is 1. The molecule has 0 fully saturated rings. The summed E-state index contributed by atoms with van der Waals surface area (Å²) in [4.78, 5) is 25.3. The molecule has 0 atom stereocenters. The Bertz CT molecular complexity index is 1220. The first-order valence-electron chi connectivity index (χ1n) is 10.1. The van der Waals surface area contributed by atoms with Gasteiger partial charge in [-0.1, -0.05) is 36.4 Å². The minimum atomic E-state index is -0.203. The number of benzene rings is 2. The summed E-state index contributed by atoms with van der Waals surface area (Å²) in [5.74, 6) is 0.342. The number of pyridine rings is 1. The summed E-state index contributed by atoms with van der Waals surface area (Å²) in [5.41, 5.74) is 10.3. The molecule has 0 saturated heterocycles. The monoisotopic (exact) mass is 422 g/mol. The summed E-state index contributed by atoms with van der Waals surface area (Å²) < 4.78 is 0. The zero-order valence-electron chi connectivity index (χ0n) is 17.3. The Morgan fingerprint density at radius 1 is 0.969 bits per heavy atom. The smallest absolute Gasteiger partial charge is 0.255 e. The number of nitrogens with one attached hydrogen (secondary N) is 2. The normalized spacial score (nSPS) is 10.8. The number of hydrogen-bond donors (Lipinski definition) is 3. The number of rotatable bonds is 7. The van der Waals surface area contributed by atoms with Gasteiger partial charge in [0.15, 0.2) is 0 Å². The van der Waals surface area contributed by atoms with E-state index in [1.165, 1.54) is 0 Å². The fourth-order valence-corrected chi connectivity index (χ4v) is 3.02. The van der Waals surface area contributed by atoms with Crippen molar-refractivity contribution >= 4 is 29.3 Å². The summed E-state index contributed by atoms with van der Waals surface area (Å²) in [6.45, 7) is 0.562. The number of anilines is 3. The highest BCUT2D eigenvalue weighted by Crippen LogP contribution is 2.18. The van der Waals surface area contributed by atoms with E-state index in [1.54, 1.807) is 42.9 Å². The summed E-state index contributed by atoms with van der Waals surface area (Å²) in [7, 11) is 0. The predicted octanol–water partition coefficient (Wildman–Crippen LogP) is 4.50. The first kappa shape index (κ1) is 20.7. The van der Waals surface area contributed by atoms with Crippen molar-refractivity contribution in [2.24, 2.45) is 0 Å². The van der Waals surface area contributed by atoms with Gasteiger partial charge in [-0.05, 0) is 48.0 Å². The lowest BCUT2D eigenvalue weighted by Gasteiger charge is -2.08. The summed E-state index contributed by atoms with van der Waals surface area (Å²) >= 11 is 0. The highest BCUT2D eigenvalue weighted by atomic mass is 16.1. The number of carbonyl (C=O) groups excluding carboxylic acids is 1. The predicted molar refractivity (Wildman–Crippen MR) is 128 cm³/mol. The number of hydrogen-bond acceptors (Lipinski definition) is 6. The Morgan fingerprint density at radius 2 is 1.81 bits per heavy atom. The standard InChI is InChI=1S/C25H22N6O/c26-21-7-1-2-8-23(21)30-24(32)19-11-9-18(10-12-19)5-3-15-28-25-29-16-13-22(31-25)20-6-4-14-27-17-20/h1-14,16-17H,15,26H2,(H,30,32)(H,28,29,31)/b5-3-. The SMILES string of the molecule is Nc1ccccc1NC(=O)c1ccc(/C=C\CNc2nccc(-c3cccnc3)n2)cc1. The van der Waals surface area contributed by atoms with Gasteiger partial charge >= 0.3 is 0 Å². The number of nitrogens with two attached hydrogens (primary N) is 1. The fraction of sp³-hybridized carbons (Fsp3) is 0.0400. The number of nitrogens with zero attached hydrogens (tertiary/aromatic N) is 3. The average Bonchev–Trinajstić information content (AvgIpc) is 2.84. The minimum absolute atomic E-state index is 0.203. The maximum atomic E-state index is 12.4. The molecule has 2 aromatic carbocycles. The van der Waals surface area contributed by atoms with Gasteiger partial charge in [-0.2, -0.15) is 0 Å². The molecule has 0 bridgehead atoms. The van der Waals surface area contributed by atoms with E-state index in [2.05, 4.69) is 25.6 Å². The molecule has 0 aliphatic heterocycles. The highest BCUT2D eigenvalue weighted by Gasteiger charge is 2.07. The molecule has 32 heavy (non-hydrogen) atoms. The first-order chi connectivity index (χ1) is 15.7. The van der Waals surface area contributed by atoms with Crippen LogP contribution in [0.3, 0.4) is 0 Å². The Hall–Kier alpha value is -4.52. The van der Waals surface area contributed by atoms with Gasteiger partial charge in [0, 0.05) is 36.3 Å².